The number of ether oxygens (including phenoxy) is 1. The zero-order valence-electron chi connectivity index (χ0n) is 7.83. The summed E-state index contributed by atoms with van der Waals surface area (Å²) < 4.78 is 5.53. The van der Waals surface area contributed by atoms with Gasteiger partial charge in [0, 0.05) is 12.0 Å². The van der Waals surface area contributed by atoms with Crippen molar-refractivity contribution in [1.29, 1.82) is 0 Å². The van der Waals surface area contributed by atoms with Crippen LogP contribution in [0, 0.1) is 0 Å². The Morgan fingerprint density at radius 1 is 1.54 bits per heavy atom. The molecule has 0 aromatic heterocycles. The standard InChI is InChI=1S/C11H12O2/c1-7-5-10-6-9(8(2)12)3-4-11(10)13-7/h3-4,6-7H,5H2,1-2H3/t7-/m0/s1. The van der Waals surface area contributed by atoms with Gasteiger partial charge < -0.3 is 4.74 Å². The molecule has 0 radical (unpaired) electrons. The Hall–Kier alpha value is -1.31. The van der Waals surface area contributed by atoms with Crippen LogP contribution in [0.15, 0.2) is 18.2 Å². The van der Waals surface area contributed by atoms with E-state index in [1.165, 1.54) is 0 Å². The molecule has 0 fully saturated rings. The first-order chi connectivity index (χ1) is 6.16. The van der Waals surface area contributed by atoms with E-state index in [4.69, 9.17) is 4.74 Å². The second kappa shape index (κ2) is 2.87. The number of ketones is 1. The van der Waals surface area contributed by atoms with Gasteiger partial charge >= 0.3 is 0 Å². The third-order valence-corrected chi connectivity index (χ3v) is 2.30. The van der Waals surface area contributed by atoms with Crippen LogP contribution in [-0.4, -0.2) is 11.9 Å². The highest BCUT2D eigenvalue weighted by Crippen LogP contribution is 2.29. The lowest BCUT2D eigenvalue weighted by Crippen LogP contribution is -2.05. The van der Waals surface area contributed by atoms with Gasteiger partial charge in [0.1, 0.15) is 11.9 Å². The Bertz CT molecular complexity index is 355. The van der Waals surface area contributed by atoms with Crippen LogP contribution in [0.1, 0.15) is 29.8 Å². The highest BCUT2D eigenvalue weighted by atomic mass is 16.5. The molecule has 1 aromatic rings. The fourth-order valence-electron chi connectivity index (χ4n) is 1.64. The first kappa shape index (κ1) is 8.30. The van der Waals surface area contributed by atoms with Gasteiger partial charge in [0.15, 0.2) is 5.78 Å². The van der Waals surface area contributed by atoms with Crippen LogP contribution in [0.5, 0.6) is 5.75 Å². The van der Waals surface area contributed by atoms with Gasteiger partial charge in [-0.1, -0.05) is 0 Å². The first-order valence-electron chi connectivity index (χ1n) is 4.47. The van der Waals surface area contributed by atoms with E-state index in [2.05, 4.69) is 0 Å². The van der Waals surface area contributed by atoms with Crippen molar-refractivity contribution in [3.8, 4) is 5.75 Å². The van der Waals surface area contributed by atoms with Gasteiger partial charge in [-0.2, -0.15) is 0 Å². The molecule has 0 aliphatic carbocycles. The summed E-state index contributed by atoms with van der Waals surface area (Å²) in [4.78, 5) is 11.1. The lowest BCUT2D eigenvalue weighted by molar-refractivity contribution is 0.101. The first-order valence-corrected chi connectivity index (χ1v) is 4.47. The molecule has 0 amide bonds. The van der Waals surface area contributed by atoms with E-state index >= 15 is 0 Å². The number of benzene rings is 1. The van der Waals surface area contributed by atoms with E-state index < -0.39 is 0 Å². The Labute approximate surface area is 77.5 Å². The molecular weight excluding hydrogens is 164 g/mol. The molecule has 1 aliphatic rings. The Kier molecular flexibility index (Phi) is 1.83. The minimum absolute atomic E-state index is 0.113. The third kappa shape index (κ3) is 1.44. The van der Waals surface area contributed by atoms with Crippen molar-refractivity contribution >= 4 is 5.78 Å². The van der Waals surface area contributed by atoms with E-state index in [1.807, 2.05) is 25.1 Å². The van der Waals surface area contributed by atoms with Crippen LogP contribution >= 0.6 is 0 Å². The van der Waals surface area contributed by atoms with Crippen molar-refractivity contribution in [2.24, 2.45) is 0 Å². The molecule has 68 valence electrons. The molecule has 0 saturated heterocycles. The van der Waals surface area contributed by atoms with E-state index in [-0.39, 0.29) is 11.9 Å². The van der Waals surface area contributed by atoms with Crippen LogP contribution < -0.4 is 4.74 Å². The zero-order valence-corrected chi connectivity index (χ0v) is 7.83. The predicted octanol–water partition coefficient (Wildman–Crippen LogP) is 2.21. The number of carbonyl (C=O) groups excluding carboxylic acids is 1. The highest BCUT2D eigenvalue weighted by Gasteiger charge is 2.19. The minimum atomic E-state index is 0.113. The van der Waals surface area contributed by atoms with Gasteiger partial charge in [0.25, 0.3) is 0 Å². The topological polar surface area (TPSA) is 26.3 Å². The molecular formula is C11H12O2. The average molecular weight is 176 g/mol. The van der Waals surface area contributed by atoms with Crippen LogP contribution in [0.25, 0.3) is 0 Å². The summed E-state index contributed by atoms with van der Waals surface area (Å²) in [6, 6.07) is 5.63. The Morgan fingerprint density at radius 3 is 3.00 bits per heavy atom. The summed E-state index contributed by atoms with van der Waals surface area (Å²) in [6.45, 7) is 3.62. The van der Waals surface area contributed by atoms with Gasteiger partial charge in [-0.25, -0.2) is 0 Å². The van der Waals surface area contributed by atoms with Crippen LogP contribution in [0.3, 0.4) is 0 Å². The van der Waals surface area contributed by atoms with Gasteiger partial charge in [0.05, 0.1) is 0 Å². The predicted molar refractivity (Wildman–Crippen MR) is 50.2 cm³/mol. The van der Waals surface area contributed by atoms with Gasteiger partial charge in [-0.05, 0) is 37.6 Å². The molecule has 1 heterocycles. The number of hydrogen-bond acceptors (Lipinski definition) is 2. The molecule has 1 aliphatic heterocycles. The Morgan fingerprint density at radius 2 is 2.31 bits per heavy atom. The lowest BCUT2D eigenvalue weighted by Gasteiger charge is -2.01. The van der Waals surface area contributed by atoms with Gasteiger partial charge in [-0.3, -0.25) is 4.79 Å². The largest absolute Gasteiger partial charge is 0.490 e. The maximum atomic E-state index is 11.1. The normalized spacial score (nSPS) is 19.4. The molecule has 2 nitrogen and oxygen atoms in total. The summed E-state index contributed by atoms with van der Waals surface area (Å²) in [6.07, 6.45) is 1.16. The second-order valence-corrected chi connectivity index (χ2v) is 3.51. The summed E-state index contributed by atoms with van der Waals surface area (Å²) in [5.41, 5.74) is 1.93. The van der Waals surface area contributed by atoms with Crippen LogP contribution in [-0.2, 0) is 6.42 Å². The molecule has 2 heteroatoms. The molecule has 0 unspecified atom stereocenters. The smallest absolute Gasteiger partial charge is 0.159 e. The Balaban J connectivity index is 2.40. The maximum absolute atomic E-state index is 11.1. The molecule has 0 spiro atoms. The van der Waals surface area contributed by atoms with Crippen molar-refractivity contribution in [1.82, 2.24) is 0 Å². The number of rotatable bonds is 1. The zero-order chi connectivity index (χ0) is 9.42. The molecule has 0 N–H and O–H groups in total. The van der Waals surface area contributed by atoms with Crippen molar-refractivity contribution < 1.29 is 9.53 Å². The number of Topliss-reactive ketones (excluding diaryl/α,β-unsaturated/α-hetero) is 1. The summed E-state index contributed by atoms with van der Waals surface area (Å²) in [5, 5.41) is 0. The van der Waals surface area contributed by atoms with Gasteiger partial charge in [-0.15, -0.1) is 0 Å². The molecule has 1 aromatic carbocycles. The minimum Gasteiger partial charge on any atom is -0.490 e. The van der Waals surface area contributed by atoms with E-state index in [0.29, 0.717) is 0 Å². The van der Waals surface area contributed by atoms with Gasteiger partial charge in [0.2, 0.25) is 0 Å². The molecule has 2 rings (SSSR count). The van der Waals surface area contributed by atoms with E-state index in [0.717, 1.165) is 23.3 Å². The highest BCUT2D eigenvalue weighted by molar-refractivity contribution is 5.94. The van der Waals surface area contributed by atoms with E-state index in [1.54, 1.807) is 6.92 Å². The fourth-order valence-corrected chi connectivity index (χ4v) is 1.64. The fraction of sp³-hybridized carbons (Fsp3) is 0.364. The molecule has 1 atom stereocenters. The van der Waals surface area contributed by atoms with Crippen molar-refractivity contribution in [3.05, 3.63) is 29.3 Å². The summed E-state index contributed by atoms with van der Waals surface area (Å²) >= 11 is 0. The number of carbonyl (C=O) groups is 1. The summed E-state index contributed by atoms with van der Waals surface area (Å²) in [7, 11) is 0. The molecule has 0 bridgehead atoms. The van der Waals surface area contributed by atoms with Crippen molar-refractivity contribution in [3.63, 3.8) is 0 Å². The monoisotopic (exact) mass is 176 g/mol. The van der Waals surface area contributed by atoms with Crippen molar-refractivity contribution in [2.45, 2.75) is 26.4 Å². The second-order valence-electron chi connectivity index (χ2n) is 3.51. The van der Waals surface area contributed by atoms with E-state index in [9.17, 15) is 4.79 Å². The van der Waals surface area contributed by atoms with Crippen molar-refractivity contribution in [2.75, 3.05) is 0 Å². The maximum Gasteiger partial charge on any atom is 0.159 e. The molecule has 13 heavy (non-hydrogen) atoms. The number of fused-ring (bicyclic) bond motifs is 1. The quantitative estimate of drug-likeness (QED) is 0.613. The average Bonchev–Trinajstić information content (AvgIpc) is 2.42. The van der Waals surface area contributed by atoms with Crippen LogP contribution in [0.2, 0.25) is 0 Å². The molecule has 0 saturated carbocycles. The SMILES string of the molecule is CC(=O)c1ccc2c(c1)C[C@H](C)O2. The van der Waals surface area contributed by atoms with Crippen LogP contribution in [0.4, 0.5) is 0 Å². The summed E-state index contributed by atoms with van der Waals surface area (Å²) in [5.74, 6) is 1.04. The third-order valence-electron chi connectivity index (χ3n) is 2.30. The lowest BCUT2D eigenvalue weighted by atomic mass is 10.1. The number of hydrogen-bond donors (Lipinski definition) is 0.